The van der Waals surface area contributed by atoms with Crippen molar-refractivity contribution in [1.29, 1.82) is 0 Å². The Morgan fingerprint density at radius 3 is 2.48 bits per heavy atom. The Morgan fingerprint density at radius 1 is 1.05 bits per heavy atom. The third-order valence-electron chi connectivity index (χ3n) is 5.95. The highest BCUT2D eigenvalue weighted by Gasteiger charge is 2.22. The minimum Gasteiger partial charge on any atom is -0.381 e. The van der Waals surface area contributed by atoms with Gasteiger partial charge in [-0.3, -0.25) is 0 Å². The number of nitrogens with zero attached hydrogens (tertiary/aromatic N) is 1. The average molecular weight is 296 g/mol. The Kier molecular flexibility index (Phi) is 7.53. The highest BCUT2D eigenvalue weighted by Crippen LogP contribution is 2.29. The summed E-state index contributed by atoms with van der Waals surface area (Å²) in [5, 5.41) is 0. The Labute approximate surface area is 132 Å². The fourth-order valence-corrected chi connectivity index (χ4v) is 4.26. The molecule has 2 nitrogen and oxygen atoms in total. The van der Waals surface area contributed by atoms with Crippen molar-refractivity contribution in [3.63, 3.8) is 0 Å². The first kappa shape index (κ1) is 17.3. The van der Waals surface area contributed by atoms with Crippen LogP contribution >= 0.6 is 0 Å². The fourth-order valence-electron chi connectivity index (χ4n) is 4.26. The summed E-state index contributed by atoms with van der Waals surface area (Å²) in [6.07, 6.45) is 13.1. The maximum Gasteiger partial charge on any atom is 0.0571 e. The molecule has 0 radical (unpaired) electrons. The summed E-state index contributed by atoms with van der Waals surface area (Å²) in [6.45, 7) is 8.84. The van der Waals surface area contributed by atoms with Crippen LogP contribution in [0.25, 0.3) is 0 Å². The molecule has 1 atom stereocenters. The van der Waals surface area contributed by atoms with Gasteiger partial charge in [-0.2, -0.15) is 0 Å². The molecule has 0 spiro atoms. The molecular formula is C19H37NO. The molecule has 1 saturated carbocycles. The molecule has 2 aliphatic rings. The summed E-state index contributed by atoms with van der Waals surface area (Å²) in [7, 11) is 1.87. The lowest BCUT2D eigenvalue weighted by Gasteiger charge is -2.35. The second kappa shape index (κ2) is 9.15. The molecule has 0 aromatic carbocycles. The molecule has 1 unspecified atom stereocenters. The van der Waals surface area contributed by atoms with Gasteiger partial charge in [-0.05, 0) is 75.8 Å². The first-order chi connectivity index (χ1) is 10.2. The molecular weight excluding hydrogens is 258 g/mol. The summed E-state index contributed by atoms with van der Waals surface area (Å²) in [4.78, 5) is 2.73. The van der Waals surface area contributed by atoms with E-state index in [2.05, 4.69) is 18.7 Å². The second-order valence-electron chi connectivity index (χ2n) is 7.82. The van der Waals surface area contributed by atoms with Crippen molar-refractivity contribution in [1.82, 2.24) is 4.90 Å². The van der Waals surface area contributed by atoms with E-state index in [0.717, 1.165) is 17.8 Å². The van der Waals surface area contributed by atoms with Crippen molar-refractivity contribution < 1.29 is 4.74 Å². The maximum atomic E-state index is 5.47. The van der Waals surface area contributed by atoms with Crippen LogP contribution in [0.2, 0.25) is 0 Å². The van der Waals surface area contributed by atoms with E-state index in [1.807, 2.05) is 7.11 Å². The first-order valence-corrected chi connectivity index (χ1v) is 9.44. The Bertz CT molecular complexity index is 271. The van der Waals surface area contributed by atoms with Gasteiger partial charge in [-0.1, -0.05) is 26.7 Å². The minimum atomic E-state index is 0.558. The van der Waals surface area contributed by atoms with Gasteiger partial charge >= 0.3 is 0 Å². The number of hydrogen-bond acceptors (Lipinski definition) is 2. The van der Waals surface area contributed by atoms with Gasteiger partial charge in [0.25, 0.3) is 0 Å². The number of methoxy groups -OCH3 is 1. The number of rotatable bonds is 7. The van der Waals surface area contributed by atoms with Gasteiger partial charge in [0, 0.05) is 13.7 Å². The molecule has 1 aliphatic heterocycles. The molecule has 2 heteroatoms. The average Bonchev–Trinajstić information content (AvgIpc) is 2.52. The normalized spacial score (nSPS) is 31.7. The third-order valence-corrected chi connectivity index (χ3v) is 5.95. The first-order valence-electron chi connectivity index (χ1n) is 9.44. The van der Waals surface area contributed by atoms with Gasteiger partial charge in [-0.25, -0.2) is 0 Å². The monoisotopic (exact) mass is 295 g/mol. The van der Waals surface area contributed by atoms with Crippen LogP contribution in [0.1, 0.15) is 71.6 Å². The zero-order chi connectivity index (χ0) is 15.1. The van der Waals surface area contributed by atoms with Gasteiger partial charge < -0.3 is 9.64 Å². The van der Waals surface area contributed by atoms with E-state index in [1.54, 1.807) is 0 Å². The van der Waals surface area contributed by atoms with Crippen LogP contribution in [0.4, 0.5) is 0 Å². The van der Waals surface area contributed by atoms with E-state index in [-0.39, 0.29) is 0 Å². The number of piperidine rings is 1. The third kappa shape index (κ3) is 5.90. The summed E-state index contributed by atoms with van der Waals surface area (Å²) in [6, 6.07) is 0. The van der Waals surface area contributed by atoms with Crippen molar-refractivity contribution in [3.05, 3.63) is 0 Å². The van der Waals surface area contributed by atoms with Gasteiger partial charge in [0.15, 0.2) is 0 Å². The molecule has 124 valence electrons. The summed E-state index contributed by atoms with van der Waals surface area (Å²) >= 11 is 0. The van der Waals surface area contributed by atoms with Crippen LogP contribution in [0.15, 0.2) is 0 Å². The molecule has 2 fully saturated rings. The highest BCUT2D eigenvalue weighted by atomic mass is 16.5. The van der Waals surface area contributed by atoms with Crippen molar-refractivity contribution in [2.45, 2.75) is 77.7 Å². The van der Waals surface area contributed by atoms with Crippen LogP contribution in [-0.4, -0.2) is 37.7 Å². The number of ether oxygens (including phenoxy) is 1. The zero-order valence-corrected chi connectivity index (χ0v) is 14.7. The van der Waals surface area contributed by atoms with Crippen LogP contribution in [0.3, 0.4) is 0 Å². The van der Waals surface area contributed by atoms with E-state index in [0.29, 0.717) is 6.10 Å². The topological polar surface area (TPSA) is 12.5 Å². The van der Waals surface area contributed by atoms with Crippen LogP contribution in [-0.2, 0) is 4.74 Å². The molecule has 0 N–H and O–H groups in total. The number of unbranched alkanes of at least 4 members (excludes halogenated alkanes) is 1. The van der Waals surface area contributed by atoms with Crippen molar-refractivity contribution in [3.8, 4) is 0 Å². The smallest absolute Gasteiger partial charge is 0.0571 e. The SMILES string of the molecule is COC1CCC(CCCCN2CCCC(C(C)C)C2)CC1. The van der Waals surface area contributed by atoms with Gasteiger partial charge in [0.2, 0.25) is 0 Å². The van der Waals surface area contributed by atoms with E-state index in [4.69, 9.17) is 4.74 Å². The Hall–Kier alpha value is -0.0800. The van der Waals surface area contributed by atoms with Crippen molar-refractivity contribution in [2.24, 2.45) is 17.8 Å². The van der Waals surface area contributed by atoms with Crippen LogP contribution in [0, 0.1) is 17.8 Å². The molecule has 0 aromatic heterocycles. The second-order valence-corrected chi connectivity index (χ2v) is 7.82. The molecule has 1 aliphatic carbocycles. The molecule has 0 aromatic rings. The number of hydrogen-bond donors (Lipinski definition) is 0. The van der Waals surface area contributed by atoms with E-state index >= 15 is 0 Å². The molecule has 0 amide bonds. The van der Waals surface area contributed by atoms with Crippen LogP contribution < -0.4 is 0 Å². The Morgan fingerprint density at radius 2 is 1.81 bits per heavy atom. The minimum absolute atomic E-state index is 0.558. The largest absolute Gasteiger partial charge is 0.381 e. The Balaban J connectivity index is 1.53. The predicted molar refractivity (Wildman–Crippen MR) is 90.6 cm³/mol. The van der Waals surface area contributed by atoms with Gasteiger partial charge in [0.1, 0.15) is 0 Å². The molecule has 1 heterocycles. The zero-order valence-electron chi connectivity index (χ0n) is 14.7. The van der Waals surface area contributed by atoms with E-state index < -0.39 is 0 Å². The van der Waals surface area contributed by atoms with E-state index in [1.165, 1.54) is 77.4 Å². The lowest BCUT2D eigenvalue weighted by atomic mass is 9.84. The lowest BCUT2D eigenvalue weighted by molar-refractivity contribution is 0.0549. The maximum absolute atomic E-state index is 5.47. The van der Waals surface area contributed by atoms with Gasteiger partial charge in [0.05, 0.1) is 6.10 Å². The highest BCUT2D eigenvalue weighted by molar-refractivity contribution is 4.76. The van der Waals surface area contributed by atoms with Crippen LogP contribution in [0.5, 0.6) is 0 Å². The standard InChI is InChI=1S/C19H37NO/c1-16(2)18-8-6-14-20(15-18)13-5-4-7-17-9-11-19(21-3)12-10-17/h16-19H,4-15H2,1-3H3. The van der Waals surface area contributed by atoms with Crippen molar-refractivity contribution in [2.75, 3.05) is 26.7 Å². The molecule has 1 saturated heterocycles. The van der Waals surface area contributed by atoms with E-state index in [9.17, 15) is 0 Å². The summed E-state index contributed by atoms with van der Waals surface area (Å²) in [5.41, 5.74) is 0. The lowest BCUT2D eigenvalue weighted by Crippen LogP contribution is -2.37. The quantitative estimate of drug-likeness (QED) is 0.630. The molecule has 21 heavy (non-hydrogen) atoms. The number of likely N-dealkylation sites (tertiary alicyclic amines) is 1. The summed E-state index contributed by atoms with van der Waals surface area (Å²) < 4.78 is 5.47. The van der Waals surface area contributed by atoms with Crippen molar-refractivity contribution >= 4 is 0 Å². The molecule has 2 rings (SSSR count). The summed E-state index contributed by atoms with van der Waals surface area (Å²) in [5.74, 6) is 2.80. The molecule has 0 bridgehead atoms. The van der Waals surface area contributed by atoms with Gasteiger partial charge in [-0.15, -0.1) is 0 Å². The fraction of sp³-hybridized carbons (Fsp3) is 1.00. The predicted octanol–water partition coefficient (Wildman–Crippen LogP) is 4.73.